The summed E-state index contributed by atoms with van der Waals surface area (Å²) in [6, 6.07) is 9.93. The summed E-state index contributed by atoms with van der Waals surface area (Å²) >= 11 is 0. The van der Waals surface area contributed by atoms with E-state index in [2.05, 4.69) is 43.4 Å². The van der Waals surface area contributed by atoms with E-state index in [4.69, 9.17) is 0 Å². The Morgan fingerprint density at radius 1 is 1.19 bits per heavy atom. The minimum absolute atomic E-state index is 0.744. The molecule has 1 heteroatoms. The van der Waals surface area contributed by atoms with Crippen LogP contribution in [0.5, 0.6) is 0 Å². The molecule has 0 aliphatic heterocycles. The molecule has 1 fully saturated rings. The first-order valence-electron chi connectivity index (χ1n) is 6.59. The fourth-order valence-corrected chi connectivity index (χ4v) is 2.04. The lowest BCUT2D eigenvalue weighted by atomic mass is 9.99. The zero-order chi connectivity index (χ0) is 11.4. The van der Waals surface area contributed by atoms with Gasteiger partial charge in [0.05, 0.1) is 0 Å². The van der Waals surface area contributed by atoms with Crippen LogP contribution in [0.15, 0.2) is 24.3 Å². The van der Waals surface area contributed by atoms with Crippen molar-refractivity contribution >= 4 is 0 Å². The smallest absolute Gasteiger partial charge is 0.00683 e. The third kappa shape index (κ3) is 3.64. The minimum Gasteiger partial charge on any atom is -0.314 e. The number of nitrogens with one attached hydrogen (secondary N) is 1. The quantitative estimate of drug-likeness (QED) is 0.771. The molecule has 0 aromatic heterocycles. The molecule has 1 aromatic carbocycles. The lowest BCUT2D eigenvalue weighted by Gasteiger charge is -2.12. The van der Waals surface area contributed by atoms with E-state index in [9.17, 15) is 0 Å². The summed E-state index contributed by atoms with van der Waals surface area (Å²) in [5.74, 6) is 0.744. The molecule has 1 nitrogen and oxygen atoms in total. The van der Waals surface area contributed by atoms with Gasteiger partial charge < -0.3 is 5.32 Å². The number of hydrogen-bond acceptors (Lipinski definition) is 1. The summed E-state index contributed by atoms with van der Waals surface area (Å²) in [7, 11) is 0. The molecular weight excluding hydrogens is 194 g/mol. The molecule has 0 saturated heterocycles. The molecule has 1 aliphatic carbocycles. The molecule has 0 heterocycles. The monoisotopic (exact) mass is 217 g/mol. The average molecular weight is 217 g/mol. The van der Waals surface area contributed by atoms with Gasteiger partial charge in [0.15, 0.2) is 0 Å². The van der Waals surface area contributed by atoms with Gasteiger partial charge in [-0.05, 0) is 49.3 Å². The predicted molar refractivity (Wildman–Crippen MR) is 69.7 cm³/mol. The fraction of sp³-hybridized carbons (Fsp3) is 0.600. The number of hydrogen-bond donors (Lipinski definition) is 1. The summed E-state index contributed by atoms with van der Waals surface area (Å²) in [6.07, 6.45) is 5.11. The summed E-state index contributed by atoms with van der Waals surface area (Å²) < 4.78 is 0. The van der Waals surface area contributed by atoms with E-state index < -0.39 is 0 Å². The SMILES string of the molecule is CCc1ccc(CC(C)CNC2CC2)cc1. The van der Waals surface area contributed by atoms with Gasteiger partial charge >= 0.3 is 0 Å². The van der Waals surface area contributed by atoms with Crippen LogP contribution in [0.2, 0.25) is 0 Å². The molecule has 0 spiro atoms. The molecule has 1 atom stereocenters. The van der Waals surface area contributed by atoms with Crippen molar-refractivity contribution < 1.29 is 0 Å². The largest absolute Gasteiger partial charge is 0.314 e. The maximum atomic E-state index is 3.60. The molecule has 0 bridgehead atoms. The second-order valence-corrected chi connectivity index (χ2v) is 5.16. The topological polar surface area (TPSA) is 12.0 Å². The first-order chi connectivity index (χ1) is 7.78. The highest BCUT2D eigenvalue weighted by Gasteiger charge is 2.20. The van der Waals surface area contributed by atoms with Gasteiger partial charge in [0, 0.05) is 6.04 Å². The van der Waals surface area contributed by atoms with E-state index in [0.29, 0.717) is 0 Å². The van der Waals surface area contributed by atoms with Crippen LogP contribution >= 0.6 is 0 Å². The lowest BCUT2D eigenvalue weighted by Crippen LogP contribution is -2.24. The zero-order valence-electron chi connectivity index (χ0n) is 10.5. The number of benzene rings is 1. The van der Waals surface area contributed by atoms with Gasteiger partial charge in [-0.25, -0.2) is 0 Å². The Hall–Kier alpha value is -0.820. The van der Waals surface area contributed by atoms with Crippen molar-refractivity contribution in [3.63, 3.8) is 0 Å². The number of aryl methyl sites for hydroxylation is 1. The van der Waals surface area contributed by atoms with Crippen molar-refractivity contribution in [2.24, 2.45) is 5.92 Å². The van der Waals surface area contributed by atoms with Crippen molar-refractivity contribution in [2.45, 2.75) is 45.6 Å². The van der Waals surface area contributed by atoms with Crippen LogP contribution in [-0.2, 0) is 12.8 Å². The van der Waals surface area contributed by atoms with Crippen molar-refractivity contribution in [3.8, 4) is 0 Å². The Bertz CT molecular complexity index is 311. The Balaban J connectivity index is 1.77. The third-order valence-corrected chi connectivity index (χ3v) is 3.35. The standard InChI is InChI=1S/C15H23N/c1-3-13-4-6-14(7-5-13)10-12(2)11-16-15-8-9-15/h4-7,12,15-16H,3,8-11H2,1-2H3. The molecule has 16 heavy (non-hydrogen) atoms. The zero-order valence-corrected chi connectivity index (χ0v) is 10.5. The fourth-order valence-electron chi connectivity index (χ4n) is 2.04. The second kappa shape index (κ2) is 5.49. The Morgan fingerprint density at radius 3 is 2.38 bits per heavy atom. The van der Waals surface area contributed by atoms with Crippen LogP contribution in [0.4, 0.5) is 0 Å². The molecule has 1 aromatic rings. The third-order valence-electron chi connectivity index (χ3n) is 3.35. The first-order valence-corrected chi connectivity index (χ1v) is 6.59. The Morgan fingerprint density at radius 2 is 1.81 bits per heavy atom. The second-order valence-electron chi connectivity index (χ2n) is 5.16. The summed E-state index contributed by atoms with van der Waals surface area (Å²) in [5, 5.41) is 3.60. The van der Waals surface area contributed by atoms with E-state index in [0.717, 1.165) is 18.4 Å². The van der Waals surface area contributed by atoms with Crippen LogP contribution in [-0.4, -0.2) is 12.6 Å². The Kier molecular flexibility index (Phi) is 4.00. The maximum absolute atomic E-state index is 3.60. The van der Waals surface area contributed by atoms with E-state index in [1.807, 2.05) is 0 Å². The molecule has 1 unspecified atom stereocenters. The minimum atomic E-state index is 0.744. The Labute approximate surface area is 99.3 Å². The highest BCUT2D eigenvalue weighted by atomic mass is 14.9. The summed E-state index contributed by atoms with van der Waals surface area (Å²) in [5.41, 5.74) is 2.91. The summed E-state index contributed by atoms with van der Waals surface area (Å²) in [6.45, 7) is 5.71. The normalized spacial score (nSPS) is 17.4. The van der Waals surface area contributed by atoms with Gasteiger partial charge in [-0.3, -0.25) is 0 Å². The van der Waals surface area contributed by atoms with E-state index in [1.54, 1.807) is 0 Å². The van der Waals surface area contributed by atoms with E-state index in [-0.39, 0.29) is 0 Å². The van der Waals surface area contributed by atoms with Crippen LogP contribution in [0.25, 0.3) is 0 Å². The highest BCUT2D eigenvalue weighted by molar-refractivity contribution is 5.22. The lowest BCUT2D eigenvalue weighted by molar-refractivity contribution is 0.509. The molecular formula is C15H23N. The molecule has 1 N–H and O–H groups in total. The van der Waals surface area contributed by atoms with Gasteiger partial charge in [0.1, 0.15) is 0 Å². The van der Waals surface area contributed by atoms with Crippen molar-refractivity contribution in [2.75, 3.05) is 6.54 Å². The van der Waals surface area contributed by atoms with Gasteiger partial charge in [-0.15, -0.1) is 0 Å². The molecule has 0 radical (unpaired) electrons. The predicted octanol–water partition coefficient (Wildman–Crippen LogP) is 3.18. The maximum Gasteiger partial charge on any atom is 0.00683 e. The van der Waals surface area contributed by atoms with Gasteiger partial charge in [-0.2, -0.15) is 0 Å². The van der Waals surface area contributed by atoms with Gasteiger partial charge in [-0.1, -0.05) is 38.1 Å². The average Bonchev–Trinajstić information content (AvgIpc) is 3.11. The van der Waals surface area contributed by atoms with Gasteiger partial charge in [0.2, 0.25) is 0 Å². The number of rotatable bonds is 6. The van der Waals surface area contributed by atoms with E-state index in [1.165, 1.54) is 36.9 Å². The van der Waals surface area contributed by atoms with Crippen molar-refractivity contribution in [1.82, 2.24) is 5.32 Å². The van der Waals surface area contributed by atoms with Crippen LogP contribution in [0.3, 0.4) is 0 Å². The van der Waals surface area contributed by atoms with Crippen LogP contribution in [0, 0.1) is 5.92 Å². The van der Waals surface area contributed by atoms with Crippen molar-refractivity contribution in [1.29, 1.82) is 0 Å². The molecule has 88 valence electrons. The molecule has 1 aliphatic rings. The van der Waals surface area contributed by atoms with Crippen molar-refractivity contribution in [3.05, 3.63) is 35.4 Å². The van der Waals surface area contributed by atoms with Crippen LogP contribution < -0.4 is 5.32 Å². The van der Waals surface area contributed by atoms with Crippen LogP contribution in [0.1, 0.15) is 37.8 Å². The highest BCUT2D eigenvalue weighted by Crippen LogP contribution is 2.19. The molecule has 0 amide bonds. The molecule has 1 saturated carbocycles. The summed E-state index contributed by atoms with van der Waals surface area (Å²) in [4.78, 5) is 0. The van der Waals surface area contributed by atoms with Gasteiger partial charge in [0.25, 0.3) is 0 Å². The van der Waals surface area contributed by atoms with E-state index >= 15 is 0 Å². The molecule has 2 rings (SSSR count). The first kappa shape index (κ1) is 11.7.